The summed E-state index contributed by atoms with van der Waals surface area (Å²) in [5, 5.41) is 14.2. The summed E-state index contributed by atoms with van der Waals surface area (Å²) < 4.78 is 1.62. The van der Waals surface area contributed by atoms with E-state index in [4.69, 9.17) is 5.73 Å². The molecule has 1 fully saturated rings. The molecule has 0 saturated carbocycles. The van der Waals surface area contributed by atoms with Crippen LogP contribution in [0.15, 0.2) is 12.4 Å². The van der Waals surface area contributed by atoms with Crippen molar-refractivity contribution in [2.75, 3.05) is 32.9 Å². The molecule has 2 atom stereocenters. The van der Waals surface area contributed by atoms with Gasteiger partial charge in [-0.25, -0.2) is 0 Å². The summed E-state index contributed by atoms with van der Waals surface area (Å²) in [4.78, 5) is 15.7. The molecule has 1 aliphatic rings. The van der Waals surface area contributed by atoms with Gasteiger partial charge in [0.05, 0.1) is 30.6 Å². The first-order chi connectivity index (χ1) is 9.47. The fourth-order valence-electron chi connectivity index (χ4n) is 2.65. The predicted octanol–water partition coefficient (Wildman–Crippen LogP) is -0.621. The molecular formula is C13H23N5O2. The molecule has 0 aliphatic carbocycles. The van der Waals surface area contributed by atoms with Crippen LogP contribution in [0, 0.1) is 0 Å². The number of nitrogens with two attached hydrogens (primary N) is 1. The van der Waals surface area contributed by atoms with Gasteiger partial charge in [-0.1, -0.05) is 0 Å². The molecule has 7 heteroatoms. The van der Waals surface area contributed by atoms with Crippen molar-refractivity contribution in [2.24, 2.45) is 0 Å². The number of likely N-dealkylation sites (tertiary alicyclic amines) is 1. The lowest BCUT2D eigenvalue weighted by Crippen LogP contribution is -2.46. The lowest BCUT2D eigenvalue weighted by atomic mass is 10.2. The number of nitrogens with zero attached hydrogens (tertiary/aromatic N) is 4. The van der Waals surface area contributed by atoms with Crippen LogP contribution in [0.25, 0.3) is 0 Å². The van der Waals surface area contributed by atoms with Gasteiger partial charge in [0, 0.05) is 26.8 Å². The minimum absolute atomic E-state index is 0.109. The third kappa shape index (κ3) is 3.49. The van der Waals surface area contributed by atoms with Gasteiger partial charge >= 0.3 is 0 Å². The van der Waals surface area contributed by atoms with Gasteiger partial charge in [0.1, 0.15) is 0 Å². The van der Waals surface area contributed by atoms with E-state index in [0.29, 0.717) is 18.8 Å². The normalized spacial score (nSPS) is 21.1. The Hall–Kier alpha value is -1.60. The number of carbonyl (C=O) groups excluding carboxylic acids is 1. The Balaban J connectivity index is 1.89. The average Bonchev–Trinajstić information content (AvgIpc) is 2.97. The van der Waals surface area contributed by atoms with Crippen LogP contribution in [-0.2, 0) is 11.3 Å². The summed E-state index contributed by atoms with van der Waals surface area (Å²) in [7, 11) is 3.53. The second kappa shape index (κ2) is 6.23. The van der Waals surface area contributed by atoms with Gasteiger partial charge in [0.15, 0.2) is 0 Å². The van der Waals surface area contributed by atoms with Gasteiger partial charge in [-0.3, -0.25) is 14.4 Å². The number of hydrogen-bond acceptors (Lipinski definition) is 5. The number of anilines is 1. The van der Waals surface area contributed by atoms with E-state index in [1.54, 1.807) is 36.1 Å². The fraction of sp³-hybridized carbons (Fsp3) is 0.692. The van der Waals surface area contributed by atoms with Crippen molar-refractivity contribution in [3.05, 3.63) is 12.4 Å². The molecular weight excluding hydrogens is 258 g/mol. The molecule has 0 bridgehead atoms. The first-order valence-corrected chi connectivity index (χ1v) is 6.88. The Morgan fingerprint density at radius 3 is 2.95 bits per heavy atom. The van der Waals surface area contributed by atoms with Gasteiger partial charge in [0.25, 0.3) is 0 Å². The van der Waals surface area contributed by atoms with Crippen molar-refractivity contribution in [3.63, 3.8) is 0 Å². The Morgan fingerprint density at radius 1 is 1.60 bits per heavy atom. The third-order valence-corrected chi connectivity index (χ3v) is 3.59. The highest BCUT2D eigenvalue weighted by molar-refractivity contribution is 5.81. The number of likely N-dealkylation sites (N-methyl/N-ethyl adjacent to an activating group) is 1. The SMILES string of the molecule is CN(C)C(=O)C1CCCN1CC(O)Cn1cc(N)cn1. The number of rotatable bonds is 5. The maximum Gasteiger partial charge on any atom is 0.239 e. The molecule has 2 rings (SSSR count). The van der Waals surface area contributed by atoms with Crippen LogP contribution in [0.2, 0.25) is 0 Å². The van der Waals surface area contributed by atoms with Crippen molar-refractivity contribution in [2.45, 2.75) is 31.5 Å². The van der Waals surface area contributed by atoms with Gasteiger partial charge in [-0.15, -0.1) is 0 Å². The third-order valence-electron chi connectivity index (χ3n) is 3.59. The van der Waals surface area contributed by atoms with Gasteiger partial charge in [0.2, 0.25) is 5.91 Å². The quantitative estimate of drug-likeness (QED) is 0.751. The highest BCUT2D eigenvalue weighted by Gasteiger charge is 2.32. The molecule has 112 valence electrons. The van der Waals surface area contributed by atoms with Gasteiger partial charge < -0.3 is 15.7 Å². The molecule has 0 spiro atoms. The minimum atomic E-state index is -0.565. The number of aliphatic hydroxyl groups excluding tert-OH is 1. The van der Waals surface area contributed by atoms with Crippen LogP contribution in [0.5, 0.6) is 0 Å². The van der Waals surface area contributed by atoms with Crippen molar-refractivity contribution in [1.29, 1.82) is 0 Å². The molecule has 1 aromatic rings. The summed E-state index contributed by atoms with van der Waals surface area (Å²) in [5.74, 6) is 0.109. The zero-order valence-corrected chi connectivity index (χ0v) is 12.1. The molecule has 0 aromatic carbocycles. The molecule has 1 saturated heterocycles. The highest BCUT2D eigenvalue weighted by atomic mass is 16.3. The van der Waals surface area contributed by atoms with E-state index in [2.05, 4.69) is 10.00 Å². The van der Waals surface area contributed by atoms with Crippen molar-refractivity contribution in [3.8, 4) is 0 Å². The molecule has 1 aromatic heterocycles. The van der Waals surface area contributed by atoms with Crippen LogP contribution in [-0.4, -0.2) is 69.9 Å². The van der Waals surface area contributed by atoms with Crippen LogP contribution < -0.4 is 5.73 Å². The fourth-order valence-corrected chi connectivity index (χ4v) is 2.65. The summed E-state index contributed by atoms with van der Waals surface area (Å²) >= 11 is 0. The first kappa shape index (κ1) is 14.8. The van der Waals surface area contributed by atoms with Crippen LogP contribution in [0.3, 0.4) is 0 Å². The molecule has 2 unspecified atom stereocenters. The summed E-state index contributed by atoms with van der Waals surface area (Å²) in [6, 6.07) is -0.109. The maximum absolute atomic E-state index is 12.1. The summed E-state index contributed by atoms with van der Waals surface area (Å²) in [6.07, 6.45) is 4.53. The molecule has 20 heavy (non-hydrogen) atoms. The monoisotopic (exact) mass is 281 g/mol. The Bertz CT molecular complexity index is 459. The smallest absolute Gasteiger partial charge is 0.239 e. The molecule has 7 nitrogen and oxygen atoms in total. The second-order valence-electron chi connectivity index (χ2n) is 5.54. The first-order valence-electron chi connectivity index (χ1n) is 6.88. The number of β-amino-alcohol motifs (C(OH)–C–C–N with tert-alkyl or cyclic N) is 1. The van der Waals surface area contributed by atoms with Crippen LogP contribution in [0.4, 0.5) is 5.69 Å². The number of aliphatic hydroxyl groups is 1. The van der Waals surface area contributed by atoms with E-state index in [1.165, 1.54) is 0 Å². The van der Waals surface area contributed by atoms with Gasteiger partial charge in [-0.2, -0.15) is 5.10 Å². The molecule has 3 N–H and O–H groups in total. The minimum Gasteiger partial charge on any atom is -0.396 e. The Labute approximate surface area is 118 Å². The number of hydrogen-bond donors (Lipinski definition) is 2. The zero-order chi connectivity index (χ0) is 14.7. The molecule has 1 amide bonds. The highest BCUT2D eigenvalue weighted by Crippen LogP contribution is 2.19. The zero-order valence-electron chi connectivity index (χ0n) is 12.1. The topological polar surface area (TPSA) is 87.6 Å². The van der Waals surface area contributed by atoms with Crippen molar-refractivity contribution >= 4 is 11.6 Å². The number of amides is 1. The lowest BCUT2D eigenvalue weighted by molar-refractivity contribution is -0.133. The Morgan fingerprint density at radius 2 is 2.35 bits per heavy atom. The second-order valence-corrected chi connectivity index (χ2v) is 5.54. The van der Waals surface area contributed by atoms with E-state index < -0.39 is 6.10 Å². The molecule has 1 aliphatic heterocycles. The molecule has 0 radical (unpaired) electrons. The van der Waals surface area contributed by atoms with E-state index >= 15 is 0 Å². The molecule has 2 heterocycles. The maximum atomic E-state index is 12.1. The summed E-state index contributed by atoms with van der Waals surface area (Å²) in [5.41, 5.74) is 6.17. The number of nitrogen functional groups attached to an aromatic ring is 1. The van der Waals surface area contributed by atoms with E-state index in [0.717, 1.165) is 19.4 Å². The van der Waals surface area contributed by atoms with Gasteiger partial charge in [-0.05, 0) is 19.4 Å². The number of aromatic nitrogens is 2. The van der Waals surface area contributed by atoms with E-state index in [-0.39, 0.29) is 11.9 Å². The number of carbonyl (C=O) groups is 1. The largest absolute Gasteiger partial charge is 0.396 e. The average molecular weight is 281 g/mol. The summed E-state index contributed by atoms with van der Waals surface area (Å²) in [6.45, 7) is 1.71. The van der Waals surface area contributed by atoms with Crippen LogP contribution in [0.1, 0.15) is 12.8 Å². The van der Waals surface area contributed by atoms with Crippen molar-refractivity contribution in [1.82, 2.24) is 19.6 Å². The van der Waals surface area contributed by atoms with E-state index in [9.17, 15) is 9.90 Å². The van der Waals surface area contributed by atoms with E-state index in [1.807, 2.05) is 0 Å². The lowest BCUT2D eigenvalue weighted by Gasteiger charge is -2.27. The Kier molecular flexibility index (Phi) is 4.61. The van der Waals surface area contributed by atoms with Crippen molar-refractivity contribution < 1.29 is 9.90 Å². The predicted molar refractivity (Wildman–Crippen MR) is 75.9 cm³/mol. The van der Waals surface area contributed by atoms with Crippen LogP contribution >= 0.6 is 0 Å². The standard InChI is InChI=1S/C13H23N5O2/c1-16(2)13(20)12-4-3-5-17(12)8-11(19)9-18-7-10(14)6-15-18/h6-7,11-12,19H,3-5,8-9,14H2,1-2H3.